The minimum Gasteiger partial charge on any atom is -0.260 e. The Bertz CT molecular complexity index is 331. The molecule has 0 bridgehead atoms. The zero-order valence-electron chi connectivity index (χ0n) is 5.65. The Morgan fingerprint density at radius 2 is 2.18 bits per heavy atom. The predicted octanol–water partition coefficient (Wildman–Crippen LogP) is 0.414. The van der Waals surface area contributed by atoms with Gasteiger partial charge in [0.15, 0.2) is 5.69 Å². The SMILES string of the molecule is N#CCc1cncc(C#N)n1. The number of hydrogen-bond acceptors (Lipinski definition) is 4. The molecule has 52 valence electrons. The maximum Gasteiger partial charge on any atom is 0.159 e. The highest BCUT2D eigenvalue weighted by atomic mass is 14.8. The first-order valence-corrected chi connectivity index (χ1v) is 2.95. The van der Waals surface area contributed by atoms with Crippen LogP contribution in [0.25, 0.3) is 0 Å². The molecule has 0 aliphatic carbocycles. The van der Waals surface area contributed by atoms with Crippen LogP contribution in [0.5, 0.6) is 0 Å². The molecule has 0 aliphatic heterocycles. The molecule has 0 aliphatic rings. The standard InChI is InChI=1S/C7H4N4/c8-2-1-6-4-10-5-7(3-9)11-6/h4-5H,1H2. The van der Waals surface area contributed by atoms with Gasteiger partial charge in [-0.15, -0.1) is 0 Å². The van der Waals surface area contributed by atoms with Gasteiger partial charge in [-0.25, -0.2) is 4.98 Å². The van der Waals surface area contributed by atoms with E-state index in [1.807, 2.05) is 12.1 Å². The van der Waals surface area contributed by atoms with Crippen molar-refractivity contribution in [2.24, 2.45) is 0 Å². The summed E-state index contributed by atoms with van der Waals surface area (Å²) in [6.45, 7) is 0. The molecule has 0 spiro atoms. The van der Waals surface area contributed by atoms with Crippen molar-refractivity contribution in [3.8, 4) is 12.1 Å². The number of nitrogens with zero attached hydrogens (tertiary/aromatic N) is 4. The lowest BCUT2D eigenvalue weighted by Gasteiger charge is -1.90. The molecule has 4 heteroatoms. The summed E-state index contributed by atoms with van der Waals surface area (Å²) in [5, 5.41) is 16.7. The molecule has 1 aromatic rings. The molecule has 0 aromatic carbocycles. The topological polar surface area (TPSA) is 73.4 Å². The van der Waals surface area contributed by atoms with Gasteiger partial charge in [0.2, 0.25) is 0 Å². The van der Waals surface area contributed by atoms with Crippen LogP contribution < -0.4 is 0 Å². The zero-order valence-corrected chi connectivity index (χ0v) is 5.65. The van der Waals surface area contributed by atoms with Crippen molar-refractivity contribution in [3.05, 3.63) is 23.8 Å². The predicted molar refractivity (Wildman–Crippen MR) is 36.1 cm³/mol. The van der Waals surface area contributed by atoms with Crippen molar-refractivity contribution < 1.29 is 0 Å². The molecule has 1 aromatic heterocycles. The van der Waals surface area contributed by atoms with E-state index in [-0.39, 0.29) is 12.1 Å². The second-order valence-corrected chi connectivity index (χ2v) is 1.84. The van der Waals surface area contributed by atoms with Gasteiger partial charge >= 0.3 is 0 Å². The number of nitriles is 2. The minimum absolute atomic E-state index is 0.197. The van der Waals surface area contributed by atoms with Crippen LogP contribution in [-0.2, 0) is 6.42 Å². The Hall–Kier alpha value is -1.94. The Kier molecular flexibility index (Phi) is 2.14. The molecule has 0 saturated carbocycles. The van der Waals surface area contributed by atoms with E-state index >= 15 is 0 Å². The first-order chi connectivity index (χ1) is 5.36. The quantitative estimate of drug-likeness (QED) is 0.572. The zero-order chi connectivity index (χ0) is 8.10. The van der Waals surface area contributed by atoms with Crippen molar-refractivity contribution in [2.45, 2.75) is 6.42 Å². The average Bonchev–Trinajstić information content (AvgIpc) is 2.06. The van der Waals surface area contributed by atoms with Crippen LogP contribution in [0.15, 0.2) is 12.4 Å². The number of hydrogen-bond donors (Lipinski definition) is 0. The van der Waals surface area contributed by atoms with Crippen molar-refractivity contribution >= 4 is 0 Å². The average molecular weight is 144 g/mol. The third-order valence-corrected chi connectivity index (χ3v) is 1.06. The monoisotopic (exact) mass is 144 g/mol. The van der Waals surface area contributed by atoms with Crippen LogP contribution in [0.1, 0.15) is 11.4 Å². The van der Waals surface area contributed by atoms with Crippen LogP contribution in [0, 0.1) is 22.7 Å². The highest BCUT2D eigenvalue weighted by molar-refractivity contribution is 5.18. The van der Waals surface area contributed by atoms with E-state index in [0.29, 0.717) is 5.69 Å². The van der Waals surface area contributed by atoms with E-state index in [0.717, 1.165) is 0 Å². The summed E-state index contributed by atoms with van der Waals surface area (Å²) in [6, 6.07) is 3.77. The van der Waals surface area contributed by atoms with E-state index in [2.05, 4.69) is 9.97 Å². The molecule has 1 rings (SSSR count). The lowest BCUT2D eigenvalue weighted by molar-refractivity contribution is 1.04. The van der Waals surface area contributed by atoms with Gasteiger partial charge in [0.1, 0.15) is 6.07 Å². The summed E-state index contributed by atoms with van der Waals surface area (Å²) in [6.07, 6.45) is 3.04. The lowest BCUT2D eigenvalue weighted by Crippen LogP contribution is -1.92. The van der Waals surface area contributed by atoms with Crippen LogP contribution in [0.4, 0.5) is 0 Å². The van der Waals surface area contributed by atoms with E-state index in [4.69, 9.17) is 10.5 Å². The Labute approximate surface area is 63.8 Å². The van der Waals surface area contributed by atoms with Crippen molar-refractivity contribution in [3.63, 3.8) is 0 Å². The summed E-state index contributed by atoms with van der Waals surface area (Å²) >= 11 is 0. The van der Waals surface area contributed by atoms with Gasteiger partial charge < -0.3 is 0 Å². The molecule has 0 fully saturated rings. The van der Waals surface area contributed by atoms with Gasteiger partial charge in [0.05, 0.1) is 24.4 Å². The molecule has 0 N–H and O–H groups in total. The molecule has 1 heterocycles. The smallest absolute Gasteiger partial charge is 0.159 e. The highest BCUT2D eigenvalue weighted by Crippen LogP contribution is 1.94. The lowest BCUT2D eigenvalue weighted by atomic mass is 10.3. The fourth-order valence-corrected chi connectivity index (χ4v) is 0.626. The summed E-state index contributed by atoms with van der Waals surface area (Å²) in [5.41, 5.74) is 0.782. The third kappa shape index (κ3) is 1.74. The largest absolute Gasteiger partial charge is 0.260 e. The summed E-state index contributed by atoms with van der Waals surface area (Å²) in [5.74, 6) is 0. The van der Waals surface area contributed by atoms with Crippen LogP contribution >= 0.6 is 0 Å². The van der Waals surface area contributed by atoms with Gasteiger partial charge in [-0.05, 0) is 0 Å². The minimum atomic E-state index is 0.197. The van der Waals surface area contributed by atoms with Crippen molar-refractivity contribution in [1.82, 2.24) is 9.97 Å². The summed E-state index contributed by atoms with van der Waals surface area (Å²) in [4.78, 5) is 7.57. The molecule has 0 radical (unpaired) electrons. The van der Waals surface area contributed by atoms with Gasteiger partial charge in [-0.2, -0.15) is 10.5 Å². The molecule has 0 amide bonds. The maximum absolute atomic E-state index is 8.39. The molecule has 4 nitrogen and oxygen atoms in total. The second-order valence-electron chi connectivity index (χ2n) is 1.84. The third-order valence-electron chi connectivity index (χ3n) is 1.06. The Morgan fingerprint density at radius 3 is 2.82 bits per heavy atom. The normalized spacial score (nSPS) is 8.18. The molecule has 0 unspecified atom stereocenters. The number of rotatable bonds is 1. The molecule has 0 saturated heterocycles. The maximum atomic E-state index is 8.39. The second kappa shape index (κ2) is 3.28. The van der Waals surface area contributed by atoms with E-state index in [9.17, 15) is 0 Å². The first kappa shape index (κ1) is 7.17. The Morgan fingerprint density at radius 1 is 1.36 bits per heavy atom. The van der Waals surface area contributed by atoms with Crippen molar-refractivity contribution in [1.29, 1.82) is 10.5 Å². The van der Waals surface area contributed by atoms with E-state index in [1.165, 1.54) is 12.4 Å². The summed E-state index contributed by atoms with van der Waals surface area (Å²) < 4.78 is 0. The molecular weight excluding hydrogens is 140 g/mol. The molecule has 11 heavy (non-hydrogen) atoms. The van der Waals surface area contributed by atoms with Crippen LogP contribution in [-0.4, -0.2) is 9.97 Å². The van der Waals surface area contributed by atoms with Crippen LogP contribution in [0.3, 0.4) is 0 Å². The first-order valence-electron chi connectivity index (χ1n) is 2.95. The van der Waals surface area contributed by atoms with Crippen LogP contribution in [0.2, 0.25) is 0 Å². The fraction of sp³-hybridized carbons (Fsp3) is 0.143. The van der Waals surface area contributed by atoms with Gasteiger partial charge in [0, 0.05) is 6.20 Å². The number of aromatic nitrogens is 2. The van der Waals surface area contributed by atoms with E-state index in [1.54, 1.807) is 0 Å². The van der Waals surface area contributed by atoms with Gasteiger partial charge in [-0.1, -0.05) is 0 Å². The highest BCUT2D eigenvalue weighted by Gasteiger charge is 1.95. The summed E-state index contributed by atoms with van der Waals surface area (Å²) in [7, 11) is 0. The van der Waals surface area contributed by atoms with E-state index < -0.39 is 0 Å². The molecule has 0 atom stereocenters. The Balaban J connectivity index is 2.96. The molecular formula is C7H4N4. The van der Waals surface area contributed by atoms with Crippen molar-refractivity contribution in [2.75, 3.05) is 0 Å². The van der Waals surface area contributed by atoms with Gasteiger partial charge in [-0.3, -0.25) is 4.98 Å². The van der Waals surface area contributed by atoms with Gasteiger partial charge in [0.25, 0.3) is 0 Å². The fourth-order valence-electron chi connectivity index (χ4n) is 0.626.